The minimum Gasteiger partial charge on any atom is -0.0651 e. The van der Waals surface area contributed by atoms with Crippen molar-refractivity contribution in [2.24, 2.45) is 23.7 Å². The highest BCUT2D eigenvalue weighted by Crippen LogP contribution is 2.41. The highest BCUT2D eigenvalue weighted by atomic mass is 14.3. The second kappa shape index (κ2) is 7.35. The fourth-order valence-electron chi connectivity index (χ4n) is 3.16. The first-order chi connectivity index (χ1) is 7.69. The molecule has 1 aliphatic carbocycles. The van der Waals surface area contributed by atoms with Gasteiger partial charge in [0.1, 0.15) is 0 Å². The van der Waals surface area contributed by atoms with Gasteiger partial charge in [0.25, 0.3) is 0 Å². The smallest absolute Gasteiger partial charge is 0.0386 e. The lowest BCUT2D eigenvalue weighted by Gasteiger charge is -2.19. The van der Waals surface area contributed by atoms with E-state index in [4.69, 9.17) is 0 Å². The summed E-state index contributed by atoms with van der Waals surface area (Å²) in [6.07, 6.45) is 11.8. The normalized spacial score (nSPS) is 20.1. The Morgan fingerprint density at radius 3 is 2.00 bits per heavy atom. The minimum absolute atomic E-state index is 0.885. The van der Waals surface area contributed by atoms with E-state index < -0.39 is 0 Å². The number of unbranched alkanes of at least 4 members (excludes halogenated alkanes) is 1. The van der Waals surface area contributed by atoms with Crippen LogP contribution in [-0.4, -0.2) is 0 Å². The molecule has 0 aromatic carbocycles. The van der Waals surface area contributed by atoms with Gasteiger partial charge in [0.15, 0.2) is 0 Å². The number of hydrogen-bond acceptors (Lipinski definition) is 0. The molecule has 2 unspecified atom stereocenters. The summed E-state index contributed by atoms with van der Waals surface area (Å²) in [5, 5.41) is 0. The highest BCUT2D eigenvalue weighted by Gasteiger charge is 2.29. The Bertz CT molecular complexity index is 155. The summed E-state index contributed by atoms with van der Waals surface area (Å²) < 4.78 is 0. The van der Waals surface area contributed by atoms with Gasteiger partial charge >= 0.3 is 0 Å². The summed E-state index contributed by atoms with van der Waals surface area (Å²) in [5.41, 5.74) is 0. The van der Waals surface area contributed by atoms with Gasteiger partial charge in [0.05, 0.1) is 0 Å². The van der Waals surface area contributed by atoms with Crippen molar-refractivity contribution >= 4 is 0 Å². The highest BCUT2D eigenvalue weighted by molar-refractivity contribution is 4.80. The molecule has 0 heteroatoms. The lowest BCUT2D eigenvalue weighted by Crippen LogP contribution is -2.08. The van der Waals surface area contributed by atoms with E-state index in [1.54, 1.807) is 0 Å². The molecule has 0 nitrogen and oxygen atoms in total. The molecule has 96 valence electrons. The zero-order valence-corrected chi connectivity index (χ0v) is 12.0. The van der Waals surface area contributed by atoms with Crippen LogP contribution in [0.5, 0.6) is 0 Å². The summed E-state index contributed by atoms with van der Waals surface area (Å²) in [7, 11) is 0. The van der Waals surface area contributed by atoms with E-state index in [0.29, 0.717) is 0 Å². The fourth-order valence-corrected chi connectivity index (χ4v) is 3.16. The van der Waals surface area contributed by atoms with Gasteiger partial charge in [-0.2, -0.15) is 0 Å². The molecule has 0 saturated heterocycles. The molecule has 0 amide bonds. The molecule has 1 fully saturated rings. The Labute approximate surface area is 103 Å². The van der Waals surface area contributed by atoms with Crippen molar-refractivity contribution < 1.29 is 0 Å². The van der Waals surface area contributed by atoms with Crippen LogP contribution in [0, 0.1) is 23.7 Å². The Hall–Kier alpha value is 0. The van der Waals surface area contributed by atoms with Gasteiger partial charge in [-0.25, -0.2) is 0 Å². The maximum atomic E-state index is 2.38. The van der Waals surface area contributed by atoms with Gasteiger partial charge in [-0.05, 0) is 36.5 Å². The number of rotatable bonds is 9. The molecule has 1 rings (SSSR count). The molecule has 2 atom stereocenters. The molecule has 16 heavy (non-hydrogen) atoms. The largest absolute Gasteiger partial charge is 0.0651 e. The van der Waals surface area contributed by atoms with E-state index in [9.17, 15) is 0 Å². The van der Waals surface area contributed by atoms with Crippen LogP contribution >= 0.6 is 0 Å². The monoisotopic (exact) mass is 224 g/mol. The Balaban J connectivity index is 2.05. The maximum Gasteiger partial charge on any atom is -0.0386 e. The van der Waals surface area contributed by atoms with E-state index >= 15 is 0 Å². The zero-order valence-electron chi connectivity index (χ0n) is 12.0. The molecule has 0 spiro atoms. The zero-order chi connectivity index (χ0) is 12.0. The summed E-state index contributed by atoms with van der Waals surface area (Å²) in [5.74, 6) is 4.05. The third-order valence-electron chi connectivity index (χ3n) is 4.68. The fraction of sp³-hybridized carbons (Fsp3) is 1.00. The third kappa shape index (κ3) is 4.89. The minimum atomic E-state index is 0.885. The van der Waals surface area contributed by atoms with Crippen LogP contribution in [0.25, 0.3) is 0 Å². The second-order valence-electron chi connectivity index (χ2n) is 6.20. The summed E-state index contributed by atoms with van der Waals surface area (Å²) in [4.78, 5) is 0. The van der Waals surface area contributed by atoms with Gasteiger partial charge in [-0.15, -0.1) is 0 Å². The Morgan fingerprint density at radius 1 is 0.938 bits per heavy atom. The van der Waals surface area contributed by atoms with Crippen LogP contribution in [0.15, 0.2) is 0 Å². The molecule has 0 heterocycles. The van der Waals surface area contributed by atoms with Crippen molar-refractivity contribution in [3.05, 3.63) is 0 Å². The van der Waals surface area contributed by atoms with Crippen LogP contribution in [0.4, 0.5) is 0 Å². The van der Waals surface area contributed by atoms with Gasteiger partial charge in [0.2, 0.25) is 0 Å². The first-order valence-corrected chi connectivity index (χ1v) is 7.69. The quantitative estimate of drug-likeness (QED) is 0.443. The summed E-state index contributed by atoms with van der Waals surface area (Å²) in [6, 6.07) is 0. The molecular formula is C16H32. The van der Waals surface area contributed by atoms with Crippen LogP contribution in [0.1, 0.15) is 79.1 Å². The van der Waals surface area contributed by atoms with Crippen LogP contribution < -0.4 is 0 Å². The molecular weight excluding hydrogens is 192 g/mol. The van der Waals surface area contributed by atoms with Gasteiger partial charge < -0.3 is 0 Å². The predicted molar refractivity (Wildman–Crippen MR) is 73.6 cm³/mol. The van der Waals surface area contributed by atoms with Crippen molar-refractivity contribution in [2.45, 2.75) is 79.1 Å². The number of hydrogen-bond donors (Lipinski definition) is 0. The summed E-state index contributed by atoms with van der Waals surface area (Å²) in [6.45, 7) is 9.50. The summed E-state index contributed by atoms with van der Waals surface area (Å²) >= 11 is 0. The van der Waals surface area contributed by atoms with Crippen LogP contribution in [0.2, 0.25) is 0 Å². The first kappa shape index (κ1) is 14.1. The van der Waals surface area contributed by atoms with Crippen LogP contribution in [-0.2, 0) is 0 Å². The molecule has 0 aromatic rings. The van der Waals surface area contributed by atoms with E-state index in [0.717, 1.165) is 23.7 Å². The molecule has 0 bridgehead atoms. The molecule has 1 saturated carbocycles. The van der Waals surface area contributed by atoms with Crippen molar-refractivity contribution in [3.63, 3.8) is 0 Å². The third-order valence-corrected chi connectivity index (χ3v) is 4.68. The van der Waals surface area contributed by atoms with Crippen LogP contribution in [0.3, 0.4) is 0 Å². The standard InChI is InChI=1S/C16H32/c1-5-14(13(3)4)9-7-8-10-15(6-2)16-11-12-16/h13-16H,5-12H2,1-4H3. The topological polar surface area (TPSA) is 0 Å². The van der Waals surface area contributed by atoms with E-state index in [1.165, 1.54) is 51.4 Å². The van der Waals surface area contributed by atoms with Gasteiger partial charge in [-0.3, -0.25) is 0 Å². The maximum absolute atomic E-state index is 2.38. The molecule has 0 N–H and O–H groups in total. The average molecular weight is 224 g/mol. The molecule has 0 aromatic heterocycles. The van der Waals surface area contributed by atoms with Crippen molar-refractivity contribution in [2.75, 3.05) is 0 Å². The molecule has 0 radical (unpaired) electrons. The van der Waals surface area contributed by atoms with E-state index in [-0.39, 0.29) is 0 Å². The van der Waals surface area contributed by atoms with Gasteiger partial charge in [0, 0.05) is 0 Å². The van der Waals surface area contributed by atoms with E-state index in [2.05, 4.69) is 27.7 Å². The van der Waals surface area contributed by atoms with Crippen molar-refractivity contribution in [1.82, 2.24) is 0 Å². The molecule has 1 aliphatic rings. The average Bonchev–Trinajstić information content (AvgIpc) is 3.07. The van der Waals surface area contributed by atoms with E-state index in [1.807, 2.05) is 0 Å². The second-order valence-corrected chi connectivity index (χ2v) is 6.20. The lowest BCUT2D eigenvalue weighted by atomic mass is 9.87. The lowest BCUT2D eigenvalue weighted by molar-refractivity contribution is 0.322. The first-order valence-electron chi connectivity index (χ1n) is 7.69. The van der Waals surface area contributed by atoms with Crippen molar-refractivity contribution in [3.8, 4) is 0 Å². The Kier molecular flexibility index (Phi) is 6.46. The predicted octanol–water partition coefficient (Wildman–Crippen LogP) is 5.67. The Morgan fingerprint density at radius 2 is 1.56 bits per heavy atom. The SMILES string of the molecule is CCC(CCCCC(CC)C1CC1)C(C)C. The van der Waals surface area contributed by atoms with Crippen molar-refractivity contribution in [1.29, 1.82) is 0 Å². The molecule has 0 aliphatic heterocycles. The van der Waals surface area contributed by atoms with Gasteiger partial charge in [-0.1, -0.05) is 66.2 Å².